The fourth-order valence-corrected chi connectivity index (χ4v) is 3.51. The summed E-state index contributed by atoms with van der Waals surface area (Å²) in [5.74, 6) is 2.60. The second-order valence-electron chi connectivity index (χ2n) is 7.03. The van der Waals surface area contributed by atoms with Gasteiger partial charge < -0.3 is 14.7 Å². The summed E-state index contributed by atoms with van der Waals surface area (Å²) in [5.41, 5.74) is 1.96. The summed E-state index contributed by atoms with van der Waals surface area (Å²) in [7, 11) is 0. The molecule has 5 nitrogen and oxygen atoms in total. The summed E-state index contributed by atoms with van der Waals surface area (Å²) in [6, 6.07) is 5.64. The Bertz CT molecular complexity index is 833. The normalized spacial score (nSPS) is 22.0. The van der Waals surface area contributed by atoms with Crippen molar-refractivity contribution in [1.29, 1.82) is 0 Å². The zero-order valence-corrected chi connectivity index (χ0v) is 13.9. The van der Waals surface area contributed by atoms with Gasteiger partial charge in [0.1, 0.15) is 17.1 Å². The summed E-state index contributed by atoms with van der Waals surface area (Å²) in [5, 5.41) is 2.79. The highest BCUT2D eigenvalue weighted by molar-refractivity contribution is 5.93. The van der Waals surface area contributed by atoms with Crippen LogP contribution in [0.4, 0.5) is 0 Å². The molecule has 0 bridgehead atoms. The molecule has 0 saturated heterocycles. The number of aromatic nitrogens is 1. The van der Waals surface area contributed by atoms with Gasteiger partial charge in [-0.25, -0.2) is 0 Å². The molecule has 5 heteroatoms. The Hall–Kier alpha value is -2.30. The fourth-order valence-electron chi connectivity index (χ4n) is 3.51. The number of fused-ring (bicyclic) bond motifs is 1. The molecule has 2 heterocycles. The Morgan fingerprint density at radius 3 is 2.92 bits per heavy atom. The highest BCUT2D eigenvalue weighted by Crippen LogP contribution is 2.47. The highest BCUT2D eigenvalue weighted by atomic mass is 16.3. The summed E-state index contributed by atoms with van der Waals surface area (Å²) in [6.45, 7) is 2.51. The van der Waals surface area contributed by atoms with Crippen LogP contribution in [0.5, 0.6) is 0 Å². The minimum absolute atomic E-state index is 0.193. The van der Waals surface area contributed by atoms with Gasteiger partial charge in [0.05, 0.1) is 6.54 Å². The summed E-state index contributed by atoms with van der Waals surface area (Å²) in [4.78, 5) is 27.4. The second-order valence-corrected chi connectivity index (χ2v) is 7.03. The monoisotopic (exact) mass is 326 g/mol. The molecule has 126 valence electrons. The Balaban J connectivity index is 1.44. The van der Waals surface area contributed by atoms with Crippen LogP contribution < -0.4 is 10.9 Å². The van der Waals surface area contributed by atoms with E-state index in [-0.39, 0.29) is 17.0 Å². The zero-order chi connectivity index (χ0) is 16.7. The molecule has 4 rings (SSSR count). The highest BCUT2D eigenvalue weighted by Gasteiger charge is 2.36. The van der Waals surface area contributed by atoms with Gasteiger partial charge in [0.2, 0.25) is 0 Å². The quantitative estimate of drug-likeness (QED) is 0.907. The molecule has 24 heavy (non-hydrogen) atoms. The molecule has 0 aromatic carbocycles. The molecule has 1 amide bonds. The van der Waals surface area contributed by atoms with E-state index in [1.165, 1.54) is 6.42 Å². The Morgan fingerprint density at radius 2 is 2.12 bits per heavy atom. The Morgan fingerprint density at radius 1 is 1.33 bits per heavy atom. The van der Waals surface area contributed by atoms with Crippen LogP contribution in [0.15, 0.2) is 27.4 Å². The SMILES string of the molecule is C[C@@H]1C[C@@H]1c1ccc(CNC(=O)c2cc3c([nH]c2=O)CCCC3)o1. The van der Waals surface area contributed by atoms with Crippen molar-refractivity contribution in [3.8, 4) is 0 Å². The summed E-state index contributed by atoms with van der Waals surface area (Å²) in [6.07, 6.45) is 5.18. The van der Waals surface area contributed by atoms with E-state index < -0.39 is 0 Å². The smallest absolute Gasteiger partial charge is 0.261 e. The maximum absolute atomic E-state index is 12.4. The average Bonchev–Trinajstić information content (AvgIpc) is 3.13. The standard InChI is InChI=1S/C19H22N2O3/c1-11-8-14(11)17-7-6-13(24-17)10-20-18(22)15-9-12-4-2-3-5-16(12)21-19(15)23/h6-7,9,11,14H,2-5,8,10H2,1H3,(H,20,22)(H,21,23)/t11-,14+/m1/s1. The van der Waals surface area contributed by atoms with Crippen molar-refractivity contribution in [2.24, 2.45) is 5.92 Å². The fraction of sp³-hybridized carbons (Fsp3) is 0.474. The van der Waals surface area contributed by atoms with Crippen molar-refractivity contribution in [1.82, 2.24) is 10.3 Å². The van der Waals surface area contributed by atoms with Crippen molar-refractivity contribution in [2.75, 3.05) is 0 Å². The number of pyridine rings is 1. The number of furan rings is 1. The topological polar surface area (TPSA) is 75.1 Å². The minimum atomic E-state index is -0.345. The number of aromatic amines is 1. The van der Waals surface area contributed by atoms with Crippen LogP contribution in [-0.2, 0) is 19.4 Å². The molecule has 2 aliphatic rings. The van der Waals surface area contributed by atoms with Crippen LogP contribution in [0.25, 0.3) is 0 Å². The largest absolute Gasteiger partial charge is 0.464 e. The van der Waals surface area contributed by atoms with E-state index >= 15 is 0 Å². The molecule has 2 aromatic rings. The van der Waals surface area contributed by atoms with E-state index in [2.05, 4.69) is 17.2 Å². The van der Waals surface area contributed by atoms with Gasteiger partial charge in [-0.3, -0.25) is 9.59 Å². The van der Waals surface area contributed by atoms with Crippen LogP contribution in [0, 0.1) is 5.92 Å². The predicted molar refractivity (Wildman–Crippen MR) is 90.1 cm³/mol. The molecular formula is C19H22N2O3. The molecule has 1 saturated carbocycles. The van der Waals surface area contributed by atoms with E-state index in [0.717, 1.165) is 48.5 Å². The Labute approximate surface area is 140 Å². The van der Waals surface area contributed by atoms with Gasteiger partial charge in [-0.05, 0) is 61.8 Å². The molecule has 0 unspecified atom stereocenters. The lowest BCUT2D eigenvalue weighted by Crippen LogP contribution is -2.30. The molecule has 2 atom stereocenters. The van der Waals surface area contributed by atoms with Crippen LogP contribution >= 0.6 is 0 Å². The van der Waals surface area contributed by atoms with E-state index in [0.29, 0.717) is 18.4 Å². The number of carbonyl (C=O) groups excluding carboxylic acids is 1. The van der Waals surface area contributed by atoms with Gasteiger partial charge in [0.25, 0.3) is 11.5 Å². The number of nitrogens with one attached hydrogen (secondary N) is 2. The van der Waals surface area contributed by atoms with Gasteiger partial charge in [-0.1, -0.05) is 6.92 Å². The summed E-state index contributed by atoms with van der Waals surface area (Å²) >= 11 is 0. The third-order valence-electron chi connectivity index (χ3n) is 5.16. The molecule has 0 radical (unpaired) electrons. The lowest BCUT2D eigenvalue weighted by Gasteiger charge is -2.15. The van der Waals surface area contributed by atoms with Crippen molar-refractivity contribution < 1.29 is 9.21 Å². The molecular weight excluding hydrogens is 304 g/mol. The van der Waals surface area contributed by atoms with Crippen molar-refractivity contribution >= 4 is 5.91 Å². The van der Waals surface area contributed by atoms with Gasteiger partial charge in [0, 0.05) is 11.6 Å². The van der Waals surface area contributed by atoms with E-state index in [4.69, 9.17) is 4.42 Å². The second kappa shape index (κ2) is 5.96. The van der Waals surface area contributed by atoms with Gasteiger partial charge >= 0.3 is 0 Å². The lowest BCUT2D eigenvalue weighted by molar-refractivity contribution is 0.0946. The van der Waals surface area contributed by atoms with Crippen molar-refractivity contribution in [3.63, 3.8) is 0 Å². The first-order valence-electron chi connectivity index (χ1n) is 8.73. The number of aryl methyl sites for hydroxylation is 2. The maximum Gasteiger partial charge on any atom is 0.261 e. The number of hydrogen-bond acceptors (Lipinski definition) is 3. The first kappa shape index (κ1) is 15.2. The van der Waals surface area contributed by atoms with Crippen LogP contribution in [-0.4, -0.2) is 10.9 Å². The number of hydrogen-bond donors (Lipinski definition) is 2. The summed E-state index contributed by atoms with van der Waals surface area (Å²) < 4.78 is 5.78. The zero-order valence-electron chi connectivity index (χ0n) is 13.9. The van der Waals surface area contributed by atoms with E-state index in [9.17, 15) is 9.59 Å². The molecule has 2 N–H and O–H groups in total. The van der Waals surface area contributed by atoms with E-state index in [1.54, 1.807) is 6.07 Å². The molecule has 1 fully saturated rings. The number of carbonyl (C=O) groups is 1. The van der Waals surface area contributed by atoms with Gasteiger partial charge in [-0.15, -0.1) is 0 Å². The number of rotatable bonds is 4. The predicted octanol–water partition coefficient (Wildman–Crippen LogP) is 2.90. The minimum Gasteiger partial charge on any atom is -0.464 e. The van der Waals surface area contributed by atoms with Crippen LogP contribution in [0.3, 0.4) is 0 Å². The third kappa shape index (κ3) is 2.90. The van der Waals surface area contributed by atoms with Crippen molar-refractivity contribution in [3.05, 3.63) is 56.9 Å². The number of amides is 1. The van der Waals surface area contributed by atoms with Gasteiger partial charge in [0.15, 0.2) is 0 Å². The van der Waals surface area contributed by atoms with Gasteiger partial charge in [-0.2, -0.15) is 0 Å². The Kier molecular flexibility index (Phi) is 3.79. The molecule has 2 aliphatic carbocycles. The first-order valence-corrected chi connectivity index (χ1v) is 8.73. The van der Waals surface area contributed by atoms with E-state index in [1.807, 2.05) is 12.1 Å². The van der Waals surface area contributed by atoms with Crippen molar-refractivity contribution in [2.45, 2.75) is 51.5 Å². The maximum atomic E-state index is 12.4. The number of H-pyrrole nitrogens is 1. The first-order chi connectivity index (χ1) is 11.6. The van der Waals surface area contributed by atoms with Crippen LogP contribution in [0.1, 0.15) is 65.2 Å². The molecule has 2 aromatic heterocycles. The average molecular weight is 326 g/mol. The lowest BCUT2D eigenvalue weighted by atomic mass is 9.95. The molecule has 0 aliphatic heterocycles. The van der Waals surface area contributed by atoms with Crippen LogP contribution in [0.2, 0.25) is 0 Å². The molecule has 0 spiro atoms. The third-order valence-corrected chi connectivity index (χ3v) is 5.16.